The van der Waals surface area contributed by atoms with Crippen molar-refractivity contribution in [2.75, 3.05) is 13.1 Å². The summed E-state index contributed by atoms with van der Waals surface area (Å²) < 4.78 is 0. The van der Waals surface area contributed by atoms with Crippen molar-refractivity contribution in [1.29, 1.82) is 0 Å². The number of amides is 2. The molecule has 132 valence electrons. The van der Waals surface area contributed by atoms with Crippen LogP contribution in [0.3, 0.4) is 0 Å². The van der Waals surface area contributed by atoms with Crippen LogP contribution in [-0.2, 0) is 11.3 Å². The van der Waals surface area contributed by atoms with E-state index in [1.54, 1.807) is 4.90 Å². The summed E-state index contributed by atoms with van der Waals surface area (Å²) in [6.07, 6.45) is 1.68. The fraction of sp³-hybridized carbons (Fsp3) is 0.400. The molecule has 1 atom stereocenters. The van der Waals surface area contributed by atoms with E-state index < -0.39 is 0 Å². The van der Waals surface area contributed by atoms with Crippen LogP contribution in [0.25, 0.3) is 0 Å². The molecule has 1 aromatic heterocycles. The van der Waals surface area contributed by atoms with Crippen molar-refractivity contribution in [3.8, 4) is 0 Å². The summed E-state index contributed by atoms with van der Waals surface area (Å²) in [4.78, 5) is 30.2. The molecule has 0 radical (unpaired) electrons. The summed E-state index contributed by atoms with van der Waals surface area (Å²) >= 11 is 0. The van der Waals surface area contributed by atoms with Crippen molar-refractivity contribution >= 4 is 11.8 Å². The Balaban J connectivity index is 1.59. The fourth-order valence-corrected chi connectivity index (χ4v) is 3.41. The number of likely N-dealkylation sites (tertiary alicyclic amines) is 1. The number of hydrogen-bond donors (Lipinski definition) is 2. The Morgan fingerprint density at radius 1 is 1.24 bits per heavy atom. The zero-order chi connectivity index (χ0) is 17.8. The van der Waals surface area contributed by atoms with Crippen molar-refractivity contribution < 1.29 is 9.59 Å². The summed E-state index contributed by atoms with van der Waals surface area (Å²) in [6.45, 7) is 5.60. The molecule has 2 heterocycles. The van der Waals surface area contributed by atoms with Gasteiger partial charge in [-0.25, -0.2) is 0 Å². The van der Waals surface area contributed by atoms with E-state index in [2.05, 4.69) is 10.3 Å². The van der Waals surface area contributed by atoms with Gasteiger partial charge in [0.25, 0.3) is 5.91 Å². The van der Waals surface area contributed by atoms with Crippen LogP contribution in [-0.4, -0.2) is 34.8 Å². The van der Waals surface area contributed by atoms with Gasteiger partial charge < -0.3 is 15.2 Å². The Bertz CT molecular complexity index is 752. The van der Waals surface area contributed by atoms with E-state index in [-0.39, 0.29) is 17.7 Å². The number of H-pyrrole nitrogens is 1. The van der Waals surface area contributed by atoms with Crippen molar-refractivity contribution in [2.24, 2.45) is 5.92 Å². The Hall–Kier alpha value is -2.56. The van der Waals surface area contributed by atoms with Crippen LogP contribution in [0.1, 0.15) is 40.2 Å². The monoisotopic (exact) mass is 339 g/mol. The van der Waals surface area contributed by atoms with Crippen LogP contribution >= 0.6 is 0 Å². The molecule has 2 amide bonds. The molecule has 5 heteroatoms. The number of benzene rings is 1. The van der Waals surface area contributed by atoms with Crippen molar-refractivity contribution in [2.45, 2.75) is 33.2 Å². The number of rotatable bonds is 4. The molecule has 0 saturated carbocycles. The Labute approximate surface area is 148 Å². The van der Waals surface area contributed by atoms with Gasteiger partial charge in [-0.15, -0.1) is 0 Å². The highest BCUT2D eigenvalue weighted by Crippen LogP contribution is 2.20. The first-order chi connectivity index (χ1) is 12.0. The van der Waals surface area contributed by atoms with Gasteiger partial charge in [0.15, 0.2) is 0 Å². The average molecular weight is 339 g/mol. The Morgan fingerprint density at radius 3 is 2.68 bits per heavy atom. The number of carbonyl (C=O) groups is 2. The predicted octanol–water partition coefficient (Wildman–Crippen LogP) is 2.80. The number of hydrogen-bond acceptors (Lipinski definition) is 2. The van der Waals surface area contributed by atoms with Crippen molar-refractivity contribution in [3.05, 3.63) is 58.9 Å². The Kier molecular flexibility index (Phi) is 5.22. The third kappa shape index (κ3) is 4.10. The predicted molar refractivity (Wildman–Crippen MR) is 97.2 cm³/mol. The molecule has 5 nitrogen and oxygen atoms in total. The molecule has 2 N–H and O–H groups in total. The van der Waals surface area contributed by atoms with E-state index in [1.165, 1.54) is 0 Å². The molecule has 1 saturated heterocycles. The third-order valence-electron chi connectivity index (χ3n) is 4.75. The molecular weight excluding hydrogens is 314 g/mol. The van der Waals surface area contributed by atoms with Gasteiger partial charge in [-0.2, -0.15) is 0 Å². The quantitative estimate of drug-likeness (QED) is 0.899. The highest BCUT2D eigenvalue weighted by molar-refractivity contribution is 5.94. The average Bonchev–Trinajstić information content (AvgIpc) is 2.98. The number of aromatic amines is 1. The maximum Gasteiger partial charge on any atom is 0.270 e. The number of aromatic nitrogens is 1. The molecule has 1 aliphatic rings. The van der Waals surface area contributed by atoms with Gasteiger partial charge in [-0.3, -0.25) is 9.59 Å². The minimum Gasteiger partial charge on any atom is -0.354 e. The van der Waals surface area contributed by atoms with E-state index in [1.807, 2.05) is 50.2 Å². The minimum atomic E-state index is -0.141. The lowest BCUT2D eigenvalue weighted by Crippen LogP contribution is -2.45. The first-order valence-electron chi connectivity index (χ1n) is 8.81. The molecule has 0 aliphatic carbocycles. The fourth-order valence-electron chi connectivity index (χ4n) is 3.41. The second kappa shape index (κ2) is 7.55. The largest absolute Gasteiger partial charge is 0.354 e. The van der Waals surface area contributed by atoms with Crippen LogP contribution in [0.5, 0.6) is 0 Å². The summed E-state index contributed by atoms with van der Waals surface area (Å²) in [7, 11) is 0. The molecule has 0 bridgehead atoms. The van der Waals surface area contributed by atoms with Crippen LogP contribution in [0.4, 0.5) is 0 Å². The maximum absolute atomic E-state index is 12.7. The second-order valence-corrected chi connectivity index (χ2v) is 6.80. The molecule has 0 spiro atoms. The molecule has 1 unspecified atom stereocenters. The number of piperidine rings is 1. The Morgan fingerprint density at radius 2 is 2.00 bits per heavy atom. The number of aryl methyl sites for hydroxylation is 2. The van der Waals surface area contributed by atoms with Gasteiger partial charge in [0.1, 0.15) is 5.69 Å². The molecule has 3 rings (SSSR count). The number of nitrogens with one attached hydrogen (secondary N) is 2. The first-order valence-corrected chi connectivity index (χ1v) is 8.81. The molecule has 1 aliphatic heterocycles. The number of nitrogens with zero attached hydrogens (tertiary/aromatic N) is 1. The van der Waals surface area contributed by atoms with Crippen LogP contribution < -0.4 is 5.32 Å². The van der Waals surface area contributed by atoms with Gasteiger partial charge in [0, 0.05) is 25.3 Å². The smallest absolute Gasteiger partial charge is 0.270 e. The normalized spacial score (nSPS) is 17.4. The summed E-state index contributed by atoms with van der Waals surface area (Å²) in [6, 6.07) is 11.8. The molecular formula is C20H25N3O2. The van der Waals surface area contributed by atoms with E-state index >= 15 is 0 Å². The van der Waals surface area contributed by atoms with Crippen molar-refractivity contribution in [1.82, 2.24) is 15.2 Å². The van der Waals surface area contributed by atoms with Crippen LogP contribution in [0.2, 0.25) is 0 Å². The van der Waals surface area contributed by atoms with E-state index in [4.69, 9.17) is 0 Å². The van der Waals surface area contributed by atoms with Gasteiger partial charge in [-0.05, 0) is 43.9 Å². The van der Waals surface area contributed by atoms with E-state index in [0.29, 0.717) is 25.3 Å². The number of carbonyl (C=O) groups excluding carboxylic acids is 2. The summed E-state index contributed by atoms with van der Waals surface area (Å²) in [5.41, 5.74) is 3.66. The lowest BCUT2D eigenvalue weighted by molar-refractivity contribution is -0.126. The molecule has 1 fully saturated rings. The first kappa shape index (κ1) is 17.3. The standard InChI is InChI=1S/C20H25N3O2/c1-14-11-15(2)22-18(14)20(25)23-10-6-9-17(13-23)19(24)21-12-16-7-4-3-5-8-16/h3-5,7-8,11,17,22H,6,9-10,12-13H2,1-2H3,(H,21,24). The highest BCUT2D eigenvalue weighted by Gasteiger charge is 2.29. The van der Waals surface area contributed by atoms with E-state index in [9.17, 15) is 9.59 Å². The topological polar surface area (TPSA) is 65.2 Å². The zero-order valence-electron chi connectivity index (χ0n) is 14.8. The molecule has 1 aromatic carbocycles. The zero-order valence-corrected chi connectivity index (χ0v) is 14.8. The maximum atomic E-state index is 12.7. The molecule has 2 aromatic rings. The molecule has 25 heavy (non-hydrogen) atoms. The van der Waals surface area contributed by atoms with Gasteiger partial charge in [0.2, 0.25) is 5.91 Å². The summed E-state index contributed by atoms with van der Waals surface area (Å²) in [5, 5.41) is 3.00. The van der Waals surface area contributed by atoms with Gasteiger partial charge in [-0.1, -0.05) is 30.3 Å². The second-order valence-electron chi connectivity index (χ2n) is 6.80. The minimum absolute atomic E-state index is 0.00819. The SMILES string of the molecule is Cc1cc(C)c(C(=O)N2CCCC(C(=O)NCc3ccccc3)C2)[nH]1. The summed E-state index contributed by atoms with van der Waals surface area (Å²) in [5.74, 6) is -0.121. The van der Waals surface area contributed by atoms with Gasteiger partial charge in [0.05, 0.1) is 5.92 Å². The highest BCUT2D eigenvalue weighted by atomic mass is 16.2. The van der Waals surface area contributed by atoms with Crippen molar-refractivity contribution in [3.63, 3.8) is 0 Å². The lowest BCUT2D eigenvalue weighted by Gasteiger charge is -2.32. The lowest BCUT2D eigenvalue weighted by atomic mass is 9.96. The van der Waals surface area contributed by atoms with E-state index in [0.717, 1.165) is 29.7 Å². The van der Waals surface area contributed by atoms with Gasteiger partial charge >= 0.3 is 0 Å². The van der Waals surface area contributed by atoms with Crippen LogP contribution in [0.15, 0.2) is 36.4 Å². The van der Waals surface area contributed by atoms with Crippen LogP contribution in [0, 0.1) is 19.8 Å². The third-order valence-corrected chi connectivity index (χ3v) is 4.75.